The van der Waals surface area contributed by atoms with Gasteiger partial charge in [-0.25, -0.2) is 4.79 Å². The Kier molecular flexibility index (Phi) is 7.52. The number of carbonyl (C=O) groups excluding carboxylic acids is 2. The van der Waals surface area contributed by atoms with Crippen LogP contribution in [-0.2, 0) is 19.1 Å². The van der Waals surface area contributed by atoms with E-state index in [0.29, 0.717) is 47.8 Å². The molecule has 1 aliphatic carbocycles. The van der Waals surface area contributed by atoms with Gasteiger partial charge in [0.05, 0.1) is 38.4 Å². The van der Waals surface area contributed by atoms with Crippen molar-refractivity contribution < 1.29 is 28.5 Å². The Balaban J connectivity index is 2.07. The van der Waals surface area contributed by atoms with Crippen molar-refractivity contribution in [1.82, 2.24) is 5.32 Å². The third-order valence-corrected chi connectivity index (χ3v) is 5.98. The molecule has 1 atom stereocenters. The molecule has 0 spiro atoms. The fourth-order valence-electron chi connectivity index (χ4n) is 4.57. The van der Waals surface area contributed by atoms with Gasteiger partial charge in [0.2, 0.25) is 0 Å². The molecular weight excluding hydrogens is 422 g/mol. The van der Waals surface area contributed by atoms with Gasteiger partial charge in [0.1, 0.15) is 18.1 Å². The van der Waals surface area contributed by atoms with Crippen molar-refractivity contribution in [3.05, 3.63) is 46.3 Å². The van der Waals surface area contributed by atoms with Crippen LogP contribution in [0.4, 0.5) is 0 Å². The number of benzene rings is 1. The summed E-state index contributed by atoms with van der Waals surface area (Å²) in [4.78, 5) is 26.7. The van der Waals surface area contributed by atoms with Crippen LogP contribution >= 0.6 is 0 Å². The minimum absolute atomic E-state index is 0.0255. The predicted octanol–water partition coefficient (Wildman–Crippen LogP) is 4.28. The molecule has 0 amide bonds. The number of Topliss-reactive ketones (excluding diaryl/α,β-unsaturated/α-hetero) is 1. The zero-order valence-electron chi connectivity index (χ0n) is 20.7. The SMILES string of the molecule is COc1ccc([C@H]2C(C(=O)OCCOC(C)C)=C(C)NC3=C2C(=O)CC(C)(C)C3)c(OC)c1. The van der Waals surface area contributed by atoms with Gasteiger partial charge in [0.25, 0.3) is 0 Å². The molecule has 1 heterocycles. The van der Waals surface area contributed by atoms with Gasteiger partial charge in [-0.2, -0.15) is 0 Å². The Morgan fingerprint density at radius 2 is 1.88 bits per heavy atom. The highest BCUT2D eigenvalue weighted by atomic mass is 16.6. The summed E-state index contributed by atoms with van der Waals surface area (Å²) >= 11 is 0. The van der Waals surface area contributed by atoms with Crippen molar-refractivity contribution in [2.45, 2.75) is 59.5 Å². The van der Waals surface area contributed by atoms with Crippen LogP contribution in [0.5, 0.6) is 11.5 Å². The maximum absolute atomic E-state index is 13.4. The van der Waals surface area contributed by atoms with Gasteiger partial charge in [0.15, 0.2) is 5.78 Å². The molecule has 0 radical (unpaired) electrons. The molecule has 1 aromatic rings. The second-order valence-electron chi connectivity index (χ2n) is 9.59. The average Bonchev–Trinajstić information content (AvgIpc) is 2.74. The summed E-state index contributed by atoms with van der Waals surface area (Å²) in [5.41, 5.74) is 3.12. The number of hydrogen-bond donors (Lipinski definition) is 1. The highest BCUT2D eigenvalue weighted by Gasteiger charge is 2.44. The van der Waals surface area contributed by atoms with Gasteiger partial charge in [0, 0.05) is 35.0 Å². The monoisotopic (exact) mass is 457 g/mol. The van der Waals surface area contributed by atoms with Crippen LogP contribution < -0.4 is 14.8 Å². The molecule has 180 valence electrons. The molecule has 0 aromatic heterocycles. The number of esters is 1. The molecule has 0 saturated carbocycles. The quantitative estimate of drug-likeness (QED) is 0.461. The van der Waals surface area contributed by atoms with Crippen molar-refractivity contribution >= 4 is 11.8 Å². The first kappa shape index (κ1) is 24.8. The van der Waals surface area contributed by atoms with E-state index in [-0.39, 0.29) is 23.9 Å². The number of carbonyl (C=O) groups is 2. The smallest absolute Gasteiger partial charge is 0.336 e. The van der Waals surface area contributed by atoms with Crippen LogP contribution in [0.25, 0.3) is 0 Å². The number of allylic oxidation sites excluding steroid dienone is 3. The third kappa shape index (κ3) is 5.41. The molecule has 1 aliphatic heterocycles. The number of hydrogen-bond acceptors (Lipinski definition) is 7. The molecule has 0 saturated heterocycles. The lowest BCUT2D eigenvalue weighted by molar-refractivity contribution is -0.141. The van der Waals surface area contributed by atoms with E-state index in [1.54, 1.807) is 20.3 Å². The van der Waals surface area contributed by atoms with Gasteiger partial charge < -0.3 is 24.3 Å². The number of ketones is 1. The molecule has 7 nitrogen and oxygen atoms in total. The van der Waals surface area contributed by atoms with Crippen LogP contribution in [0.2, 0.25) is 0 Å². The van der Waals surface area contributed by atoms with Gasteiger partial charge in [-0.15, -0.1) is 0 Å². The molecule has 3 rings (SSSR count). The first-order valence-electron chi connectivity index (χ1n) is 11.3. The summed E-state index contributed by atoms with van der Waals surface area (Å²) in [5.74, 6) is 0.138. The van der Waals surface area contributed by atoms with E-state index in [9.17, 15) is 9.59 Å². The van der Waals surface area contributed by atoms with Crippen molar-refractivity contribution in [1.29, 1.82) is 0 Å². The topological polar surface area (TPSA) is 83.1 Å². The maximum atomic E-state index is 13.4. The third-order valence-electron chi connectivity index (χ3n) is 5.98. The molecule has 7 heteroatoms. The second kappa shape index (κ2) is 10.00. The van der Waals surface area contributed by atoms with E-state index in [1.807, 2.05) is 32.9 Å². The second-order valence-corrected chi connectivity index (χ2v) is 9.59. The van der Waals surface area contributed by atoms with Crippen LogP contribution in [0.1, 0.15) is 58.9 Å². The summed E-state index contributed by atoms with van der Waals surface area (Å²) in [7, 11) is 3.15. The van der Waals surface area contributed by atoms with Gasteiger partial charge in [-0.05, 0) is 38.7 Å². The lowest BCUT2D eigenvalue weighted by atomic mass is 9.68. The molecular formula is C26H35NO6. The Bertz CT molecular complexity index is 988. The van der Waals surface area contributed by atoms with Gasteiger partial charge in [-0.1, -0.05) is 19.9 Å². The van der Waals surface area contributed by atoms with E-state index in [2.05, 4.69) is 19.2 Å². The number of ether oxygens (including phenoxy) is 4. The largest absolute Gasteiger partial charge is 0.497 e. The lowest BCUT2D eigenvalue weighted by Gasteiger charge is -2.39. The maximum Gasteiger partial charge on any atom is 0.336 e. The lowest BCUT2D eigenvalue weighted by Crippen LogP contribution is -2.39. The van der Waals surface area contributed by atoms with Crippen molar-refractivity contribution in [2.24, 2.45) is 5.41 Å². The summed E-state index contributed by atoms with van der Waals surface area (Å²) in [6.45, 7) is 10.3. The predicted molar refractivity (Wildman–Crippen MR) is 125 cm³/mol. The summed E-state index contributed by atoms with van der Waals surface area (Å²) in [6.07, 6.45) is 1.17. The van der Waals surface area contributed by atoms with E-state index in [1.165, 1.54) is 0 Å². The van der Waals surface area contributed by atoms with E-state index in [4.69, 9.17) is 18.9 Å². The molecule has 0 unspecified atom stereocenters. The minimum atomic E-state index is -0.593. The zero-order valence-corrected chi connectivity index (χ0v) is 20.7. The zero-order chi connectivity index (χ0) is 24.3. The van der Waals surface area contributed by atoms with E-state index < -0.39 is 11.9 Å². The minimum Gasteiger partial charge on any atom is -0.497 e. The summed E-state index contributed by atoms with van der Waals surface area (Å²) in [6, 6.07) is 5.43. The molecule has 2 aliphatic rings. The Labute approximate surface area is 196 Å². The van der Waals surface area contributed by atoms with E-state index >= 15 is 0 Å². The Morgan fingerprint density at radius 3 is 2.52 bits per heavy atom. The Morgan fingerprint density at radius 1 is 1.15 bits per heavy atom. The number of rotatable bonds is 8. The fraction of sp³-hybridized carbons (Fsp3) is 0.538. The first-order chi connectivity index (χ1) is 15.6. The van der Waals surface area contributed by atoms with Crippen LogP contribution in [0.15, 0.2) is 40.7 Å². The van der Waals surface area contributed by atoms with E-state index in [0.717, 1.165) is 11.3 Å². The summed E-state index contributed by atoms with van der Waals surface area (Å²) in [5, 5.41) is 3.34. The number of methoxy groups -OCH3 is 2. The highest BCUT2D eigenvalue weighted by molar-refractivity contribution is 6.04. The molecule has 1 aromatic carbocycles. The standard InChI is InChI=1S/C26H35NO6/c1-15(2)32-10-11-33-25(29)22-16(3)27-19-13-26(4,5)14-20(28)24(19)23(22)18-9-8-17(30-6)12-21(18)31-7/h8-9,12,15,23,27H,10-11,13-14H2,1-7H3/t23-/m0/s1. The average molecular weight is 458 g/mol. The molecule has 33 heavy (non-hydrogen) atoms. The Hall–Kier alpha value is -2.80. The molecule has 0 bridgehead atoms. The molecule has 0 fully saturated rings. The first-order valence-corrected chi connectivity index (χ1v) is 11.3. The van der Waals surface area contributed by atoms with Crippen LogP contribution in [-0.4, -0.2) is 45.3 Å². The van der Waals surface area contributed by atoms with Crippen molar-refractivity contribution in [2.75, 3.05) is 27.4 Å². The van der Waals surface area contributed by atoms with Gasteiger partial charge >= 0.3 is 5.97 Å². The highest BCUT2D eigenvalue weighted by Crippen LogP contribution is 2.49. The summed E-state index contributed by atoms with van der Waals surface area (Å²) < 4.78 is 22.1. The van der Waals surface area contributed by atoms with Crippen molar-refractivity contribution in [3.63, 3.8) is 0 Å². The number of dihydropyridines is 1. The van der Waals surface area contributed by atoms with Crippen LogP contribution in [0.3, 0.4) is 0 Å². The number of nitrogens with one attached hydrogen (secondary N) is 1. The van der Waals surface area contributed by atoms with Crippen molar-refractivity contribution in [3.8, 4) is 11.5 Å². The molecule has 1 N–H and O–H groups in total. The van der Waals surface area contributed by atoms with Gasteiger partial charge in [-0.3, -0.25) is 4.79 Å². The normalized spacial score (nSPS) is 19.9. The van der Waals surface area contributed by atoms with Crippen LogP contribution in [0, 0.1) is 5.41 Å². The fourth-order valence-corrected chi connectivity index (χ4v) is 4.57.